The summed E-state index contributed by atoms with van der Waals surface area (Å²) in [4.78, 5) is 16.6. The Morgan fingerprint density at radius 2 is 1.45 bits per heavy atom. The van der Waals surface area contributed by atoms with Crippen LogP contribution in [0.25, 0.3) is 42.2 Å². The summed E-state index contributed by atoms with van der Waals surface area (Å²) in [5.74, 6) is 8.43. The molecule has 0 fully saturated rings. The Labute approximate surface area is 315 Å². The number of aromatic nitrogens is 1. The number of aliphatic hydroxyl groups is 1. The van der Waals surface area contributed by atoms with Crippen LogP contribution in [0.15, 0.2) is 54.4 Å². The van der Waals surface area contributed by atoms with E-state index < -0.39 is 13.3 Å². The van der Waals surface area contributed by atoms with Gasteiger partial charge in [0.2, 0.25) is 0 Å². The van der Waals surface area contributed by atoms with E-state index in [-0.39, 0.29) is 43.5 Å². The van der Waals surface area contributed by atoms with Crippen LogP contribution in [0.4, 0.5) is 0 Å². The van der Waals surface area contributed by atoms with E-state index in [9.17, 15) is 9.90 Å². The number of aryl methyl sites for hydroxylation is 3. The van der Waals surface area contributed by atoms with E-state index in [1.165, 1.54) is 59.3 Å². The summed E-state index contributed by atoms with van der Waals surface area (Å²) in [6.45, 7) is 19.3. The van der Waals surface area contributed by atoms with Crippen molar-refractivity contribution in [2.75, 3.05) is 0 Å². The Hall–Kier alpha value is -2.31. The number of carbonyl (C=O) groups excluding carboxylic acids is 1. The normalized spacial score (nSPS) is 12.3. The van der Waals surface area contributed by atoms with E-state index in [0.29, 0.717) is 5.92 Å². The molecule has 0 saturated heterocycles. The van der Waals surface area contributed by atoms with Crippen LogP contribution in [-0.4, -0.2) is 29.1 Å². The summed E-state index contributed by atoms with van der Waals surface area (Å²) in [5.41, 5.74) is 7.68. The van der Waals surface area contributed by atoms with Crippen molar-refractivity contribution in [2.45, 2.75) is 111 Å². The average Bonchev–Trinajstić information content (AvgIpc) is 3.42. The predicted molar refractivity (Wildman–Crippen MR) is 214 cm³/mol. The van der Waals surface area contributed by atoms with Crippen molar-refractivity contribution in [2.24, 2.45) is 11.8 Å². The van der Waals surface area contributed by atoms with Gasteiger partial charge in [-0.3, -0.25) is 4.79 Å². The monoisotopic (exact) mass is 917 g/mol. The Balaban J connectivity index is 0.000000347. The van der Waals surface area contributed by atoms with E-state index in [1.54, 1.807) is 4.40 Å². The van der Waals surface area contributed by atoms with Gasteiger partial charge in [-0.25, -0.2) is 0 Å². The SMILES string of the molecule is CCC(CC)C(=O)/C=C(\O)C(CC)CC.Cc1cc2[c-]c(-c3nccc4c3sc3c(C)[c]([Ge]([CH3])([CH3])[CH3])ccc34)cc(C(C)C)c2cc1C.[Ir]. The molecular formula is C43H56GeIrNO2S-. The molecule has 3 nitrogen and oxygen atoms in total. The summed E-state index contributed by atoms with van der Waals surface area (Å²) in [6, 6.07) is 17.6. The molecule has 2 heterocycles. The van der Waals surface area contributed by atoms with Gasteiger partial charge in [0.25, 0.3) is 0 Å². The van der Waals surface area contributed by atoms with Crippen LogP contribution < -0.4 is 4.40 Å². The maximum atomic E-state index is 11.7. The van der Waals surface area contributed by atoms with Gasteiger partial charge in [0.1, 0.15) is 0 Å². The zero-order valence-corrected chi connectivity index (χ0v) is 37.0. The molecular weight excluding hydrogens is 859 g/mol. The number of allylic oxidation sites excluding steroid dienone is 2. The minimum atomic E-state index is -1.93. The van der Waals surface area contributed by atoms with Gasteiger partial charge < -0.3 is 5.11 Å². The van der Waals surface area contributed by atoms with E-state index >= 15 is 0 Å². The standard InChI is InChI=1S/C30H32GeNS.C13H24O2.Ir/c1-17(2)25-16-22(15-21-13-18(3)19(4)14-26(21)25)28-30-24(11-12-32-28)23-9-10-27(31(6,7)8)20(5)29(23)33-30;1-5-10(6-2)12(14)9-13(15)11(7-3)8-4;/h9-14,16-17H,1-8H3;9-11,14H,5-8H2,1-4H3;/q-1;;/b;12-9-;. The van der Waals surface area contributed by atoms with E-state index in [1.807, 2.05) is 45.2 Å². The number of pyridine rings is 1. The Bertz CT molecular complexity index is 1960. The molecule has 5 rings (SSSR count). The van der Waals surface area contributed by atoms with Crippen LogP contribution >= 0.6 is 11.3 Å². The molecule has 0 aliphatic heterocycles. The number of fused-ring (bicyclic) bond motifs is 4. The number of benzene rings is 3. The van der Waals surface area contributed by atoms with E-state index in [2.05, 4.69) is 94.4 Å². The Morgan fingerprint density at radius 3 is 2.02 bits per heavy atom. The van der Waals surface area contributed by atoms with Crippen LogP contribution in [0.1, 0.15) is 95.4 Å². The van der Waals surface area contributed by atoms with Gasteiger partial charge in [-0.15, -0.1) is 0 Å². The average molecular weight is 916 g/mol. The third kappa shape index (κ3) is 8.96. The van der Waals surface area contributed by atoms with Crippen molar-refractivity contribution in [3.63, 3.8) is 0 Å². The number of ketones is 1. The van der Waals surface area contributed by atoms with Crippen LogP contribution in [0, 0.1) is 38.7 Å². The van der Waals surface area contributed by atoms with Crippen molar-refractivity contribution < 1.29 is 30.0 Å². The van der Waals surface area contributed by atoms with E-state index in [4.69, 9.17) is 4.98 Å². The molecule has 0 aliphatic carbocycles. The smallest absolute Gasteiger partial charge is 0.0408 e. The molecule has 0 aliphatic rings. The van der Waals surface area contributed by atoms with Gasteiger partial charge in [-0.05, 0) is 32.6 Å². The molecule has 0 saturated carbocycles. The van der Waals surface area contributed by atoms with E-state index in [0.717, 1.165) is 36.9 Å². The van der Waals surface area contributed by atoms with Crippen LogP contribution in [0.3, 0.4) is 0 Å². The number of aliphatic hydroxyl groups excluding tert-OH is 1. The molecule has 6 heteroatoms. The second-order valence-corrected chi connectivity index (χ2v) is 26.4. The molecule has 3 aromatic carbocycles. The first-order chi connectivity index (χ1) is 22.7. The molecule has 0 bridgehead atoms. The molecule has 5 aromatic rings. The first kappa shape index (κ1) is 41.1. The minimum absolute atomic E-state index is 0. The third-order valence-corrected chi connectivity index (χ3v) is 16.0. The van der Waals surface area contributed by atoms with Crippen LogP contribution in [-0.2, 0) is 24.9 Å². The second kappa shape index (κ2) is 17.3. The molecule has 1 N–H and O–H groups in total. The van der Waals surface area contributed by atoms with Gasteiger partial charge in [-0.1, -0.05) is 27.7 Å². The first-order valence-corrected chi connectivity index (χ1v) is 26.1. The van der Waals surface area contributed by atoms with Crippen LogP contribution in [0.5, 0.6) is 0 Å². The maximum absolute atomic E-state index is 11.7. The summed E-state index contributed by atoms with van der Waals surface area (Å²) < 4.78 is 4.31. The van der Waals surface area contributed by atoms with Gasteiger partial charge in [0.15, 0.2) is 5.78 Å². The van der Waals surface area contributed by atoms with Crippen molar-refractivity contribution in [1.29, 1.82) is 0 Å². The summed E-state index contributed by atoms with van der Waals surface area (Å²) in [7, 11) is 0. The zero-order chi connectivity index (χ0) is 35.5. The number of hydrogen-bond donors (Lipinski definition) is 1. The molecule has 0 atom stereocenters. The third-order valence-electron chi connectivity index (χ3n) is 10.1. The fraction of sp³-hybridized carbons (Fsp3) is 0.442. The number of rotatable bonds is 10. The Morgan fingerprint density at radius 1 is 0.857 bits per heavy atom. The van der Waals surface area contributed by atoms with Crippen molar-refractivity contribution in [1.82, 2.24) is 4.98 Å². The number of carbonyl (C=O) groups is 1. The molecule has 0 unspecified atom stereocenters. The number of nitrogens with zero attached hydrogens (tertiary/aromatic N) is 1. The second-order valence-electron chi connectivity index (χ2n) is 14.8. The van der Waals surface area contributed by atoms with Gasteiger partial charge in [-0.2, -0.15) is 0 Å². The van der Waals surface area contributed by atoms with Crippen molar-refractivity contribution in [3.8, 4) is 11.3 Å². The van der Waals surface area contributed by atoms with Gasteiger partial charge in [0.05, 0.1) is 5.76 Å². The molecule has 0 amide bonds. The van der Waals surface area contributed by atoms with Crippen molar-refractivity contribution in [3.05, 3.63) is 82.8 Å². The quantitative estimate of drug-likeness (QED) is 0.0657. The topological polar surface area (TPSA) is 50.2 Å². The van der Waals surface area contributed by atoms with Crippen molar-refractivity contribution >= 4 is 65.7 Å². The minimum Gasteiger partial charge on any atom is -0.0408 e. The number of thiophene rings is 1. The molecule has 1 radical (unpaired) electrons. The molecule has 49 heavy (non-hydrogen) atoms. The van der Waals surface area contributed by atoms with Crippen LogP contribution in [0.2, 0.25) is 17.3 Å². The zero-order valence-electron chi connectivity index (χ0n) is 31.7. The number of hydrogen-bond acceptors (Lipinski definition) is 4. The molecule has 265 valence electrons. The van der Waals surface area contributed by atoms with Gasteiger partial charge >= 0.3 is 198 Å². The first-order valence-electron chi connectivity index (χ1n) is 17.9. The summed E-state index contributed by atoms with van der Waals surface area (Å²) in [5, 5.41) is 14.9. The molecule has 0 spiro atoms. The fourth-order valence-corrected chi connectivity index (χ4v) is 12.2. The van der Waals surface area contributed by atoms with Gasteiger partial charge in [0, 0.05) is 38.0 Å². The Kier molecular flexibility index (Phi) is 14.5. The summed E-state index contributed by atoms with van der Waals surface area (Å²) >= 11 is -0.0188. The molecule has 2 aromatic heterocycles. The summed E-state index contributed by atoms with van der Waals surface area (Å²) in [6.07, 6.45) is 6.88. The predicted octanol–water partition coefficient (Wildman–Crippen LogP) is 12.5. The fourth-order valence-electron chi connectivity index (χ4n) is 6.86.